The van der Waals surface area contributed by atoms with Gasteiger partial charge in [0.1, 0.15) is 5.75 Å². The molecule has 6 heteroatoms. The summed E-state index contributed by atoms with van der Waals surface area (Å²) in [4.78, 5) is 0.0784. The summed E-state index contributed by atoms with van der Waals surface area (Å²) in [5, 5.41) is 0. The van der Waals surface area contributed by atoms with Gasteiger partial charge in [0.15, 0.2) is 0 Å². The molecular formula is C15H15ClO4S. The first-order valence-corrected chi connectivity index (χ1v) is 8.54. The molecule has 0 radical (unpaired) electrons. The van der Waals surface area contributed by atoms with Crippen LogP contribution in [-0.2, 0) is 27.0 Å². The quantitative estimate of drug-likeness (QED) is 0.764. The third-order valence-corrected chi connectivity index (χ3v) is 4.23. The van der Waals surface area contributed by atoms with Crippen molar-refractivity contribution in [1.29, 1.82) is 0 Å². The van der Waals surface area contributed by atoms with Crippen molar-refractivity contribution in [2.75, 3.05) is 7.11 Å². The Kier molecular flexibility index (Phi) is 5.22. The second-order valence-corrected chi connectivity index (χ2v) is 6.99. The molecule has 0 N–H and O–H groups in total. The topological polar surface area (TPSA) is 52.6 Å². The molecule has 112 valence electrons. The van der Waals surface area contributed by atoms with Crippen molar-refractivity contribution >= 4 is 19.7 Å². The Bertz CT molecular complexity index is 696. The molecule has 0 spiro atoms. The van der Waals surface area contributed by atoms with Crippen LogP contribution in [0.4, 0.5) is 0 Å². The molecular weight excluding hydrogens is 312 g/mol. The minimum absolute atomic E-state index is 0.0784. The Labute approximate surface area is 128 Å². The molecule has 2 aromatic carbocycles. The summed E-state index contributed by atoms with van der Waals surface area (Å²) in [6.45, 7) is 0.744. The van der Waals surface area contributed by atoms with Gasteiger partial charge in [0.05, 0.1) is 25.2 Å². The van der Waals surface area contributed by atoms with Crippen LogP contribution >= 0.6 is 10.7 Å². The van der Waals surface area contributed by atoms with E-state index in [1.54, 1.807) is 19.2 Å². The highest BCUT2D eigenvalue weighted by Gasteiger charge is 2.09. The summed E-state index contributed by atoms with van der Waals surface area (Å²) in [7, 11) is 3.22. The zero-order chi connectivity index (χ0) is 15.3. The molecule has 0 amide bonds. The summed E-state index contributed by atoms with van der Waals surface area (Å²) in [6, 6.07) is 13.9. The molecule has 0 bridgehead atoms. The molecule has 0 heterocycles. The first-order chi connectivity index (χ1) is 9.99. The van der Waals surface area contributed by atoms with Crippen molar-refractivity contribution in [3.63, 3.8) is 0 Å². The molecule has 2 rings (SSSR count). The second-order valence-electron chi connectivity index (χ2n) is 4.43. The molecule has 4 nitrogen and oxygen atoms in total. The van der Waals surface area contributed by atoms with E-state index in [-0.39, 0.29) is 4.90 Å². The zero-order valence-electron chi connectivity index (χ0n) is 11.5. The number of hydrogen-bond donors (Lipinski definition) is 0. The molecule has 0 aliphatic carbocycles. The smallest absolute Gasteiger partial charge is 0.261 e. The van der Waals surface area contributed by atoms with Crippen LogP contribution in [0, 0.1) is 0 Å². The molecule has 0 atom stereocenters. The average Bonchev–Trinajstić information content (AvgIpc) is 2.47. The van der Waals surface area contributed by atoms with Gasteiger partial charge in [0, 0.05) is 10.7 Å². The monoisotopic (exact) mass is 326 g/mol. The Balaban J connectivity index is 1.94. The van der Waals surface area contributed by atoms with Gasteiger partial charge in [0.25, 0.3) is 9.05 Å². The molecule has 0 fully saturated rings. The summed E-state index contributed by atoms with van der Waals surface area (Å²) >= 11 is 0. The molecule has 21 heavy (non-hydrogen) atoms. The highest BCUT2D eigenvalue weighted by Crippen LogP contribution is 2.17. The summed E-state index contributed by atoms with van der Waals surface area (Å²) in [5.74, 6) is 0.791. The van der Waals surface area contributed by atoms with E-state index in [9.17, 15) is 8.42 Å². The number of ether oxygens (including phenoxy) is 2. The van der Waals surface area contributed by atoms with Crippen molar-refractivity contribution in [1.82, 2.24) is 0 Å². The first kappa shape index (κ1) is 15.8. The highest BCUT2D eigenvalue weighted by molar-refractivity contribution is 8.13. The van der Waals surface area contributed by atoms with Gasteiger partial charge in [-0.3, -0.25) is 0 Å². The van der Waals surface area contributed by atoms with Gasteiger partial charge in [0.2, 0.25) is 0 Å². The van der Waals surface area contributed by atoms with E-state index in [0.717, 1.165) is 16.9 Å². The summed E-state index contributed by atoms with van der Waals surface area (Å²) < 4.78 is 33.2. The molecule has 0 aliphatic heterocycles. The van der Waals surface area contributed by atoms with Crippen molar-refractivity contribution in [2.24, 2.45) is 0 Å². The van der Waals surface area contributed by atoms with Crippen LogP contribution in [0.2, 0.25) is 0 Å². The molecule has 0 saturated heterocycles. The predicted molar refractivity (Wildman–Crippen MR) is 81.0 cm³/mol. The maximum absolute atomic E-state index is 11.3. The van der Waals surface area contributed by atoms with Crippen LogP contribution in [0.25, 0.3) is 0 Å². The van der Waals surface area contributed by atoms with E-state index in [2.05, 4.69) is 0 Å². The van der Waals surface area contributed by atoms with Crippen LogP contribution in [0.3, 0.4) is 0 Å². The maximum Gasteiger partial charge on any atom is 0.261 e. The van der Waals surface area contributed by atoms with Crippen LogP contribution in [0.5, 0.6) is 5.75 Å². The zero-order valence-corrected chi connectivity index (χ0v) is 13.0. The minimum atomic E-state index is -3.71. The summed E-state index contributed by atoms with van der Waals surface area (Å²) in [5.41, 5.74) is 1.77. The second kappa shape index (κ2) is 6.93. The van der Waals surface area contributed by atoms with Gasteiger partial charge in [-0.2, -0.15) is 0 Å². The van der Waals surface area contributed by atoms with Gasteiger partial charge in [-0.1, -0.05) is 24.3 Å². The van der Waals surface area contributed by atoms with Gasteiger partial charge in [-0.25, -0.2) is 8.42 Å². The molecule has 0 saturated carbocycles. The number of rotatable bonds is 6. The van der Waals surface area contributed by atoms with E-state index in [0.29, 0.717) is 13.2 Å². The predicted octanol–water partition coefficient (Wildman–Crippen LogP) is 3.34. The van der Waals surface area contributed by atoms with E-state index in [1.165, 1.54) is 12.1 Å². The van der Waals surface area contributed by atoms with Crippen molar-refractivity contribution < 1.29 is 17.9 Å². The lowest BCUT2D eigenvalue weighted by molar-refractivity contribution is 0.107. The van der Waals surface area contributed by atoms with E-state index < -0.39 is 9.05 Å². The number of methoxy groups -OCH3 is 1. The van der Waals surface area contributed by atoms with Crippen molar-refractivity contribution in [3.05, 3.63) is 59.7 Å². The van der Waals surface area contributed by atoms with E-state index >= 15 is 0 Å². The summed E-state index contributed by atoms with van der Waals surface area (Å²) in [6.07, 6.45) is 0. The largest absolute Gasteiger partial charge is 0.497 e. The van der Waals surface area contributed by atoms with Crippen LogP contribution < -0.4 is 4.74 Å². The third kappa shape index (κ3) is 4.74. The highest BCUT2D eigenvalue weighted by atomic mass is 35.7. The van der Waals surface area contributed by atoms with Gasteiger partial charge >= 0.3 is 0 Å². The SMILES string of the molecule is COc1ccc(COCc2cccc(S(=O)(=O)Cl)c2)cc1. The molecule has 2 aromatic rings. The van der Waals surface area contributed by atoms with Crippen LogP contribution in [-0.4, -0.2) is 15.5 Å². The molecule has 0 aromatic heterocycles. The Morgan fingerprint density at radius 1 is 1.00 bits per heavy atom. The van der Waals surface area contributed by atoms with Crippen LogP contribution in [0.15, 0.2) is 53.4 Å². The van der Waals surface area contributed by atoms with E-state index in [4.69, 9.17) is 20.2 Å². The van der Waals surface area contributed by atoms with E-state index in [1.807, 2.05) is 24.3 Å². The van der Waals surface area contributed by atoms with Gasteiger partial charge in [-0.15, -0.1) is 0 Å². The Hall–Kier alpha value is -1.56. The fraction of sp³-hybridized carbons (Fsp3) is 0.200. The Morgan fingerprint density at radius 2 is 1.67 bits per heavy atom. The average molecular weight is 327 g/mol. The molecule has 0 aliphatic rings. The standard InChI is InChI=1S/C15H15ClO4S/c1-19-14-7-5-12(6-8-14)10-20-11-13-3-2-4-15(9-13)21(16,17)18/h2-9H,10-11H2,1H3. The third-order valence-electron chi connectivity index (χ3n) is 2.88. The number of benzene rings is 2. The fourth-order valence-corrected chi connectivity index (χ4v) is 2.62. The van der Waals surface area contributed by atoms with Gasteiger partial charge < -0.3 is 9.47 Å². The maximum atomic E-state index is 11.3. The normalized spacial score (nSPS) is 11.3. The van der Waals surface area contributed by atoms with Crippen molar-refractivity contribution in [3.8, 4) is 5.75 Å². The Morgan fingerprint density at radius 3 is 2.29 bits per heavy atom. The van der Waals surface area contributed by atoms with Crippen LogP contribution in [0.1, 0.15) is 11.1 Å². The lowest BCUT2D eigenvalue weighted by Gasteiger charge is -2.06. The fourth-order valence-electron chi connectivity index (χ4n) is 1.80. The van der Waals surface area contributed by atoms with Gasteiger partial charge in [-0.05, 0) is 35.4 Å². The lowest BCUT2D eigenvalue weighted by atomic mass is 10.2. The first-order valence-electron chi connectivity index (χ1n) is 6.23. The number of hydrogen-bond acceptors (Lipinski definition) is 4. The van der Waals surface area contributed by atoms with Crippen molar-refractivity contribution in [2.45, 2.75) is 18.1 Å². The number of halogens is 1. The molecule has 0 unspecified atom stereocenters. The minimum Gasteiger partial charge on any atom is -0.497 e. The lowest BCUT2D eigenvalue weighted by Crippen LogP contribution is -1.97.